The van der Waals surface area contributed by atoms with Crippen molar-refractivity contribution in [3.63, 3.8) is 0 Å². The van der Waals surface area contributed by atoms with Crippen molar-refractivity contribution in [3.8, 4) is 0 Å². The maximum atomic E-state index is 12.4. The number of amides is 2. The van der Waals surface area contributed by atoms with E-state index in [2.05, 4.69) is 5.32 Å². The van der Waals surface area contributed by atoms with Crippen LogP contribution in [0.4, 0.5) is 4.79 Å². The van der Waals surface area contributed by atoms with Gasteiger partial charge in [-0.05, 0) is 24.0 Å². The average molecular weight is 288 g/mol. The van der Waals surface area contributed by atoms with E-state index in [-0.39, 0.29) is 12.1 Å². The van der Waals surface area contributed by atoms with E-state index in [9.17, 15) is 14.7 Å². The molecule has 0 radical (unpaired) electrons. The number of carboxylic acids is 1. The summed E-state index contributed by atoms with van der Waals surface area (Å²) in [4.78, 5) is 25.4. The van der Waals surface area contributed by atoms with E-state index in [1.165, 1.54) is 11.1 Å². The minimum Gasteiger partial charge on any atom is -0.481 e. The topological polar surface area (TPSA) is 69.6 Å². The summed E-state index contributed by atoms with van der Waals surface area (Å²) in [6.07, 6.45) is 3.32. The largest absolute Gasteiger partial charge is 0.481 e. The summed E-state index contributed by atoms with van der Waals surface area (Å²) in [5.74, 6) is -1.25. The van der Waals surface area contributed by atoms with Crippen molar-refractivity contribution in [1.82, 2.24) is 10.2 Å². The molecular weight excluding hydrogens is 268 g/mol. The van der Waals surface area contributed by atoms with Gasteiger partial charge in [0.15, 0.2) is 0 Å². The van der Waals surface area contributed by atoms with Crippen LogP contribution in [0.25, 0.3) is 0 Å². The average Bonchev–Trinajstić information content (AvgIpc) is 2.91. The minimum atomic E-state index is -0.801. The summed E-state index contributed by atoms with van der Waals surface area (Å²) in [5, 5.41) is 12.2. The van der Waals surface area contributed by atoms with Crippen LogP contribution in [0.1, 0.15) is 36.8 Å². The zero-order chi connectivity index (χ0) is 14.8. The van der Waals surface area contributed by atoms with Gasteiger partial charge in [0.2, 0.25) is 0 Å². The van der Waals surface area contributed by atoms with E-state index in [0.717, 1.165) is 19.3 Å². The Labute approximate surface area is 123 Å². The molecule has 0 aromatic heterocycles. The molecule has 1 aromatic rings. The molecule has 1 fully saturated rings. The van der Waals surface area contributed by atoms with Crippen LogP contribution in [0.3, 0.4) is 0 Å². The number of carbonyl (C=O) groups excluding carboxylic acids is 1. The van der Waals surface area contributed by atoms with Crippen molar-refractivity contribution in [1.29, 1.82) is 0 Å². The van der Waals surface area contributed by atoms with Gasteiger partial charge in [-0.3, -0.25) is 4.79 Å². The van der Waals surface area contributed by atoms with Crippen LogP contribution in [0.5, 0.6) is 0 Å². The molecule has 2 N–H and O–H groups in total. The number of aliphatic carboxylic acids is 1. The fraction of sp³-hybridized carbons (Fsp3) is 0.500. The van der Waals surface area contributed by atoms with Gasteiger partial charge in [-0.1, -0.05) is 37.1 Å². The molecule has 1 aliphatic heterocycles. The third-order valence-electron chi connectivity index (χ3n) is 4.52. The number of nitrogens with one attached hydrogen (secondary N) is 1. The molecule has 1 heterocycles. The van der Waals surface area contributed by atoms with E-state index in [1.807, 2.05) is 24.3 Å². The van der Waals surface area contributed by atoms with Crippen molar-refractivity contribution in [2.75, 3.05) is 0 Å². The Hall–Kier alpha value is -2.04. The Morgan fingerprint density at radius 1 is 1.10 bits per heavy atom. The highest BCUT2D eigenvalue weighted by Gasteiger charge is 2.33. The Bertz CT molecular complexity index is 533. The Balaban J connectivity index is 1.63. The molecule has 21 heavy (non-hydrogen) atoms. The zero-order valence-electron chi connectivity index (χ0n) is 11.9. The molecule has 112 valence electrons. The van der Waals surface area contributed by atoms with Crippen LogP contribution in [0.15, 0.2) is 24.3 Å². The number of hydrogen-bond acceptors (Lipinski definition) is 2. The number of carboxylic acid groups (broad SMARTS) is 1. The maximum Gasteiger partial charge on any atom is 0.318 e. The lowest BCUT2D eigenvalue weighted by Gasteiger charge is -2.30. The van der Waals surface area contributed by atoms with Gasteiger partial charge in [0, 0.05) is 19.1 Å². The quantitative estimate of drug-likeness (QED) is 0.877. The molecule has 0 spiro atoms. The molecule has 2 unspecified atom stereocenters. The van der Waals surface area contributed by atoms with Gasteiger partial charge in [-0.25, -0.2) is 4.79 Å². The lowest BCUT2D eigenvalue weighted by atomic mass is 9.84. The summed E-state index contributed by atoms with van der Waals surface area (Å²) in [6.45, 7) is 1.21. The number of rotatable bonds is 2. The summed E-state index contributed by atoms with van der Waals surface area (Å²) in [5.41, 5.74) is 2.34. The van der Waals surface area contributed by atoms with Gasteiger partial charge >= 0.3 is 12.0 Å². The van der Waals surface area contributed by atoms with Crippen LogP contribution < -0.4 is 5.32 Å². The second-order valence-electron chi connectivity index (χ2n) is 5.91. The van der Waals surface area contributed by atoms with Crippen LogP contribution in [-0.4, -0.2) is 28.0 Å². The standard InChI is InChI=1S/C16H20N2O3/c19-15(20)13-7-3-4-8-14(13)17-16(21)18-9-11-5-1-2-6-12(11)10-18/h1-2,5-6,13-14H,3-4,7-10H2,(H,17,21)(H,19,20). The molecule has 1 saturated carbocycles. The molecule has 3 rings (SSSR count). The molecule has 5 heteroatoms. The third kappa shape index (κ3) is 2.86. The normalized spacial score (nSPS) is 24.5. The van der Waals surface area contributed by atoms with Crippen LogP contribution in [-0.2, 0) is 17.9 Å². The molecule has 0 saturated heterocycles. The molecule has 5 nitrogen and oxygen atoms in total. The predicted molar refractivity (Wildman–Crippen MR) is 77.6 cm³/mol. The third-order valence-corrected chi connectivity index (χ3v) is 4.52. The van der Waals surface area contributed by atoms with Crippen molar-refractivity contribution in [3.05, 3.63) is 35.4 Å². The van der Waals surface area contributed by atoms with Crippen LogP contribution in [0, 0.1) is 5.92 Å². The van der Waals surface area contributed by atoms with Crippen LogP contribution in [0.2, 0.25) is 0 Å². The van der Waals surface area contributed by atoms with Gasteiger partial charge < -0.3 is 15.3 Å². The number of hydrogen-bond donors (Lipinski definition) is 2. The molecule has 1 aromatic carbocycles. The first-order chi connectivity index (χ1) is 10.1. The molecule has 1 aliphatic carbocycles. The number of urea groups is 1. The molecular formula is C16H20N2O3. The Morgan fingerprint density at radius 2 is 1.71 bits per heavy atom. The predicted octanol–water partition coefficient (Wildman–Crippen LogP) is 2.36. The highest BCUT2D eigenvalue weighted by Crippen LogP contribution is 2.26. The fourth-order valence-corrected chi connectivity index (χ4v) is 3.33. The Morgan fingerprint density at radius 3 is 2.33 bits per heavy atom. The first-order valence-corrected chi connectivity index (χ1v) is 7.50. The number of carbonyl (C=O) groups is 2. The number of nitrogens with zero attached hydrogens (tertiary/aromatic N) is 1. The van der Waals surface area contributed by atoms with Crippen molar-refractivity contribution >= 4 is 12.0 Å². The highest BCUT2D eigenvalue weighted by molar-refractivity contribution is 5.77. The zero-order valence-corrected chi connectivity index (χ0v) is 11.9. The highest BCUT2D eigenvalue weighted by atomic mass is 16.4. The number of benzene rings is 1. The summed E-state index contributed by atoms with van der Waals surface area (Å²) >= 11 is 0. The van der Waals surface area contributed by atoms with E-state index in [1.54, 1.807) is 4.90 Å². The van der Waals surface area contributed by atoms with E-state index in [0.29, 0.717) is 19.5 Å². The maximum absolute atomic E-state index is 12.4. The Kier molecular flexibility index (Phi) is 3.82. The first-order valence-electron chi connectivity index (χ1n) is 7.50. The van der Waals surface area contributed by atoms with E-state index < -0.39 is 11.9 Å². The van der Waals surface area contributed by atoms with Gasteiger partial charge in [0.25, 0.3) is 0 Å². The smallest absolute Gasteiger partial charge is 0.318 e. The summed E-state index contributed by atoms with van der Waals surface area (Å²) in [7, 11) is 0. The van der Waals surface area contributed by atoms with Crippen molar-refractivity contribution < 1.29 is 14.7 Å². The van der Waals surface area contributed by atoms with Gasteiger partial charge in [0.05, 0.1) is 5.92 Å². The molecule has 0 bridgehead atoms. The lowest BCUT2D eigenvalue weighted by Crippen LogP contribution is -2.49. The molecule has 2 aliphatic rings. The van der Waals surface area contributed by atoms with Gasteiger partial charge in [0.1, 0.15) is 0 Å². The second-order valence-corrected chi connectivity index (χ2v) is 5.91. The lowest BCUT2D eigenvalue weighted by molar-refractivity contribution is -0.143. The fourth-order valence-electron chi connectivity index (χ4n) is 3.33. The second kappa shape index (κ2) is 5.76. The van der Waals surface area contributed by atoms with E-state index >= 15 is 0 Å². The van der Waals surface area contributed by atoms with E-state index in [4.69, 9.17) is 0 Å². The molecule has 2 atom stereocenters. The van der Waals surface area contributed by atoms with Crippen molar-refractivity contribution in [2.24, 2.45) is 5.92 Å². The first kappa shape index (κ1) is 13.9. The van der Waals surface area contributed by atoms with Crippen molar-refractivity contribution in [2.45, 2.75) is 44.8 Å². The monoisotopic (exact) mass is 288 g/mol. The SMILES string of the molecule is O=C(O)C1CCCCC1NC(=O)N1Cc2ccccc2C1. The van der Waals surface area contributed by atoms with Crippen LogP contribution >= 0.6 is 0 Å². The minimum absolute atomic E-state index is 0.149. The van der Waals surface area contributed by atoms with Gasteiger partial charge in [-0.2, -0.15) is 0 Å². The summed E-state index contributed by atoms with van der Waals surface area (Å²) in [6, 6.07) is 7.62. The number of fused-ring (bicyclic) bond motifs is 1. The molecule has 2 amide bonds. The summed E-state index contributed by atoms with van der Waals surface area (Å²) < 4.78 is 0. The van der Waals surface area contributed by atoms with Gasteiger partial charge in [-0.15, -0.1) is 0 Å².